The molecule has 0 unspecified atom stereocenters. The number of halogens is 2. The van der Waals surface area contributed by atoms with Gasteiger partial charge < -0.3 is 9.64 Å². The van der Waals surface area contributed by atoms with Crippen molar-refractivity contribution in [2.75, 3.05) is 35.9 Å². The molecule has 3 heterocycles. The summed E-state index contributed by atoms with van der Waals surface area (Å²) in [5, 5.41) is -0.00910. The summed E-state index contributed by atoms with van der Waals surface area (Å²) >= 11 is 6.15. The molecule has 0 radical (unpaired) electrons. The van der Waals surface area contributed by atoms with Crippen molar-refractivity contribution < 1.29 is 17.5 Å². The lowest BCUT2D eigenvalue weighted by molar-refractivity contribution is 0.122. The molecule has 174 valence electrons. The molecular weight excluding hydrogens is 481 g/mol. The van der Waals surface area contributed by atoms with Gasteiger partial charge in [-0.25, -0.2) is 22.8 Å². The number of anilines is 2. The van der Waals surface area contributed by atoms with Crippen LogP contribution in [-0.4, -0.2) is 49.7 Å². The Balaban J connectivity index is 1.44. The van der Waals surface area contributed by atoms with Crippen molar-refractivity contribution in [2.45, 2.75) is 4.90 Å². The van der Waals surface area contributed by atoms with Gasteiger partial charge in [0.1, 0.15) is 11.6 Å². The number of hydrogen-bond donors (Lipinski definition) is 1. The van der Waals surface area contributed by atoms with E-state index < -0.39 is 15.8 Å². The minimum Gasteiger partial charge on any atom is -0.378 e. The van der Waals surface area contributed by atoms with Crippen LogP contribution in [0.3, 0.4) is 0 Å². The van der Waals surface area contributed by atoms with Crippen molar-refractivity contribution in [2.24, 2.45) is 0 Å². The molecule has 0 atom stereocenters. The van der Waals surface area contributed by atoms with Crippen LogP contribution in [0.4, 0.5) is 15.9 Å². The van der Waals surface area contributed by atoms with Gasteiger partial charge >= 0.3 is 0 Å². The average Bonchev–Trinajstić information content (AvgIpc) is 2.85. The van der Waals surface area contributed by atoms with Crippen LogP contribution < -0.4 is 9.62 Å². The number of nitrogens with one attached hydrogen (secondary N) is 1. The fraction of sp³-hybridized carbons (Fsp3) is 0.174. The van der Waals surface area contributed by atoms with Crippen LogP contribution in [0.2, 0.25) is 5.15 Å². The SMILES string of the molecule is O=S(=O)(Nc1cc(-c2ccc3nc(N4CCOCC4)cnc3c2)cnc1Cl)c1ccc(F)cc1. The van der Waals surface area contributed by atoms with Gasteiger partial charge in [-0.2, -0.15) is 0 Å². The maximum absolute atomic E-state index is 13.2. The summed E-state index contributed by atoms with van der Waals surface area (Å²) in [5.41, 5.74) is 2.96. The standard InChI is InChI=1S/C23H19ClFN5O3S/c24-23-21(29-34(31,32)18-4-2-17(25)3-5-18)12-16(13-27-23)15-1-6-19-20(11-15)26-14-22(28-19)30-7-9-33-10-8-30/h1-6,11-14,29H,7-10H2. The van der Waals surface area contributed by atoms with E-state index in [0.717, 1.165) is 42.1 Å². The minimum absolute atomic E-state index is 0.00910. The van der Waals surface area contributed by atoms with Crippen LogP contribution in [0.15, 0.2) is 65.8 Å². The molecule has 11 heteroatoms. The quantitative estimate of drug-likeness (QED) is 0.412. The number of ether oxygens (including phenoxy) is 1. The fourth-order valence-corrected chi connectivity index (χ4v) is 4.88. The molecule has 1 fully saturated rings. The van der Waals surface area contributed by atoms with Crippen molar-refractivity contribution in [3.05, 3.63) is 71.9 Å². The van der Waals surface area contributed by atoms with Gasteiger partial charge in [0.05, 0.1) is 41.0 Å². The van der Waals surface area contributed by atoms with Crippen molar-refractivity contribution in [1.29, 1.82) is 0 Å². The van der Waals surface area contributed by atoms with Gasteiger partial charge in [-0.15, -0.1) is 0 Å². The lowest BCUT2D eigenvalue weighted by Gasteiger charge is -2.27. The lowest BCUT2D eigenvalue weighted by Crippen LogP contribution is -2.36. The molecule has 2 aromatic carbocycles. The Morgan fingerprint density at radius 1 is 0.941 bits per heavy atom. The van der Waals surface area contributed by atoms with Crippen molar-refractivity contribution >= 4 is 44.2 Å². The van der Waals surface area contributed by atoms with Crippen molar-refractivity contribution in [3.8, 4) is 11.1 Å². The van der Waals surface area contributed by atoms with Gasteiger partial charge in [-0.1, -0.05) is 17.7 Å². The molecule has 4 aromatic rings. The predicted molar refractivity (Wildman–Crippen MR) is 128 cm³/mol. The second-order valence-corrected chi connectivity index (χ2v) is 9.69. The zero-order chi connectivity index (χ0) is 23.7. The van der Waals surface area contributed by atoms with Crippen LogP contribution in [0.1, 0.15) is 0 Å². The van der Waals surface area contributed by atoms with Crippen LogP contribution in [-0.2, 0) is 14.8 Å². The Kier molecular flexibility index (Phi) is 6.03. The Hall–Kier alpha value is -3.34. The van der Waals surface area contributed by atoms with E-state index in [0.29, 0.717) is 24.3 Å². The second-order valence-electron chi connectivity index (χ2n) is 7.65. The topological polar surface area (TPSA) is 97.3 Å². The number of pyridine rings is 1. The van der Waals surface area contributed by atoms with Crippen LogP contribution in [0.25, 0.3) is 22.2 Å². The number of morpholine rings is 1. The Morgan fingerprint density at radius 2 is 1.71 bits per heavy atom. The molecule has 1 N–H and O–H groups in total. The first kappa shape index (κ1) is 22.5. The van der Waals surface area contributed by atoms with E-state index in [4.69, 9.17) is 21.3 Å². The van der Waals surface area contributed by atoms with E-state index in [-0.39, 0.29) is 15.7 Å². The Labute approximate surface area is 200 Å². The maximum Gasteiger partial charge on any atom is 0.261 e. The van der Waals surface area contributed by atoms with Gasteiger partial charge in [-0.3, -0.25) is 9.71 Å². The van der Waals surface area contributed by atoms with Gasteiger partial charge in [0.25, 0.3) is 10.0 Å². The molecule has 2 aromatic heterocycles. The third kappa shape index (κ3) is 4.65. The number of benzene rings is 2. The summed E-state index contributed by atoms with van der Waals surface area (Å²) in [6.45, 7) is 2.86. The first-order valence-corrected chi connectivity index (χ1v) is 12.3. The summed E-state index contributed by atoms with van der Waals surface area (Å²) in [4.78, 5) is 15.4. The molecule has 8 nitrogen and oxygen atoms in total. The molecule has 0 spiro atoms. The predicted octanol–water partition coefficient (Wildman–Crippen LogP) is 4.12. The fourth-order valence-electron chi connectivity index (χ4n) is 3.62. The van der Waals surface area contributed by atoms with Gasteiger partial charge in [0, 0.05) is 24.8 Å². The smallest absolute Gasteiger partial charge is 0.261 e. The highest BCUT2D eigenvalue weighted by Crippen LogP contribution is 2.30. The number of aromatic nitrogens is 3. The monoisotopic (exact) mass is 499 g/mol. The largest absolute Gasteiger partial charge is 0.378 e. The number of rotatable bonds is 5. The van der Waals surface area contributed by atoms with Gasteiger partial charge in [0.2, 0.25) is 0 Å². The third-order valence-corrected chi connectivity index (χ3v) is 7.09. The van der Waals surface area contributed by atoms with Gasteiger partial charge in [-0.05, 0) is 48.0 Å². The molecule has 1 aliphatic heterocycles. The van der Waals surface area contributed by atoms with E-state index in [2.05, 4.69) is 19.6 Å². The van der Waals surface area contributed by atoms with E-state index >= 15 is 0 Å². The molecule has 1 aliphatic rings. The highest BCUT2D eigenvalue weighted by Gasteiger charge is 2.18. The molecule has 0 aliphatic carbocycles. The molecule has 34 heavy (non-hydrogen) atoms. The highest BCUT2D eigenvalue weighted by molar-refractivity contribution is 7.92. The number of nitrogens with zero attached hydrogens (tertiary/aromatic N) is 4. The summed E-state index contributed by atoms with van der Waals surface area (Å²) < 4.78 is 46.4. The lowest BCUT2D eigenvalue weighted by atomic mass is 10.1. The Morgan fingerprint density at radius 3 is 2.47 bits per heavy atom. The first-order chi connectivity index (χ1) is 16.4. The molecule has 5 rings (SSSR count). The third-order valence-electron chi connectivity index (χ3n) is 5.41. The summed E-state index contributed by atoms with van der Waals surface area (Å²) in [7, 11) is -3.98. The summed E-state index contributed by atoms with van der Waals surface area (Å²) in [6.07, 6.45) is 3.29. The van der Waals surface area contributed by atoms with E-state index in [9.17, 15) is 12.8 Å². The molecule has 0 saturated carbocycles. The molecule has 0 amide bonds. The van der Waals surface area contributed by atoms with Crippen molar-refractivity contribution in [1.82, 2.24) is 15.0 Å². The first-order valence-electron chi connectivity index (χ1n) is 10.4. The zero-order valence-corrected chi connectivity index (χ0v) is 19.4. The van der Waals surface area contributed by atoms with Crippen molar-refractivity contribution in [3.63, 3.8) is 0 Å². The van der Waals surface area contributed by atoms with E-state index in [1.807, 2.05) is 18.2 Å². The van der Waals surface area contributed by atoms with Crippen LogP contribution in [0, 0.1) is 5.82 Å². The normalized spacial score (nSPS) is 14.4. The van der Waals surface area contributed by atoms with Crippen LogP contribution >= 0.6 is 11.6 Å². The second kappa shape index (κ2) is 9.13. The number of fused-ring (bicyclic) bond motifs is 1. The maximum atomic E-state index is 13.2. The summed E-state index contributed by atoms with van der Waals surface area (Å²) in [6, 6.07) is 11.7. The molecule has 0 bridgehead atoms. The minimum atomic E-state index is -3.98. The number of hydrogen-bond acceptors (Lipinski definition) is 7. The Bertz CT molecular complexity index is 1460. The van der Waals surface area contributed by atoms with E-state index in [1.54, 1.807) is 18.5 Å². The molecule has 1 saturated heterocycles. The van der Waals surface area contributed by atoms with E-state index in [1.165, 1.54) is 12.1 Å². The highest BCUT2D eigenvalue weighted by atomic mass is 35.5. The zero-order valence-electron chi connectivity index (χ0n) is 17.8. The number of sulfonamides is 1. The van der Waals surface area contributed by atoms with Gasteiger partial charge in [0.15, 0.2) is 5.15 Å². The van der Waals surface area contributed by atoms with Crippen LogP contribution in [0.5, 0.6) is 0 Å². The average molecular weight is 500 g/mol. The summed E-state index contributed by atoms with van der Waals surface area (Å²) in [5.74, 6) is 0.270. The molecular formula is C23H19ClFN5O3S.